The molecule has 0 saturated heterocycles. The SMILES string of the molecule is O=C(OO)c1ccc(Br)c(Br)c1Br. The molecule has 0 saturated carbocycles. The maximum atomic E-state index is 11.0. The Morgan fingerprint density at radius 1 is 1.23 bits per heavy atom. The molecular formula is C7H3Br3O3. The van der Waals surface area contributed by atoms with E-state index in [-0.39, 0.29) is 5.56 Å². The van der Waals surface area contributed by atoms with E-state index in [0.717, 1.165) is 4.47 Å². The lowest BCUT2D eigenvalue weighted by molar-refractivity contribution is -0.182. The van der Waals surface area contributed by atoms with Crippen molar-refractivity contribution in [1.29, 1.82) is 0 Å². The predicted molar refractivity (Wildman–Crippen MR) is 57.6 cm³/mol. The van der Waals surface area contributed by atoms with Gasteiger partial charge in [-0.1, -0.05) is 0 Å². The van der Waals surface area contributed by atoms with Gasteiger partial charge in [0.2, 0.25) is 0 Å². The highest BCUT2D eigenvalue weighted by molar-refractivity contribution is 9.14. The largest absolute Gasteiger partial charge is 0.373 e. The quantitative estimate of drug-likeness (QED) is 0.464. The van der Waals surface area contributed by atoms with E-state index in [9.17, 15) is 4.79 Å². The maximum absolute atomic E-state index is 11.0. The first-order chi connectivity index (χ1) is 6.07. The Hall–Kier alpha value is 0.0900. The van der Waals surface area contributed by atoms with Crippen LogP contribution >= 0.6 is 47.8 Å². The molecule has 0 amide bonds. The van der Waals surface area contributed by atoms with Crippen LogP contribution in [0.15, 0.2) is 25.6 Å². The number of rotatable bonds is 1. The van der Waals surface area contributed by atoms with Crippen molar-refractivity contribution >= 4 is 53.8 Å². The molecule has 1 rings (SSSR count). The summed E-state index contributed by atoms with van der Waals surface area (Å²) in [6, 6.07) is 3.19. The third-order valence-corrected chi connectivity index (χ3v) is 4.71. The summed E-state index contributed by atoms with van der Waals surface area (Å²) in [5, 5.41) is 8.18. The Morgan fingerprint density at radius 2 is 1.85 bits per heavy atom. The van der Waals surface area contributed by atoms with E-state index in [1.54, 1.807) is 6.07 Å². The van der Waals surface area contributed by atoms with Crippen LogP contribution in [-0.2, 0) is 4.89 Å². The number of hydrogen-bond donors (Lipinski definition) is 1. The highest BCUT2D eigenvalue weighted by Crippen LogP contribution is 2.33. The monoisotopic (exact) mass is 372 g/mol. The molecule has 70 valence electrons. The Labute approximate surface area is 99.4 Å². The van der Waals surface area contributed by atoms with Crippen molar-refractivity contribution in [2.45, 2.75) is 0 Å². The fourth-order valence-corrected chi connectivity index (χ4v) is 2.18. The first kappa shape index (κ1) is 11.2. The molecule has 0 radical (unpaired) electrons. The second-order valence-corrected chi connectivity index (χ2v) is 4.54. The summed E-state index contributed by atoms with van der Waals surface area (Å²) in [6.07, 6.45) is 0. The van der Waals surface area contributed by atoms with Crippen molar-refractivity contribution in [3.05, 3.63) is 31.1 Å². The minimum absolute atomic E-state index is 0.248. The van der Waals surface area contributed by atoms with Gasteiger partial charge in [0, 0.05) is 13.4 Å². The van der Waals surface area contributed by atoms with Crippen LogP contribution < -0.4 is 0 Å². The van der Waals surface area contributed by atoms with Gasteiger partial charge in [-0.3, -0.25) is 4.89 Å². The zero-order valence-corrected chi connectivity index (χ0v) is 10.8. The third kappa shape index (κ3) is 2.31. The molecule has 0 aromatic heterocycles. The molecule has 0 aliphatic carbocycles. The molecule has 3 nitrogen and oxygen atoms in total. The molecule has 0 unspecified atom stereocenters. The number of halogens is 3. The van der Waals surface area contributed by atoms with Gasteiger partial charge < -0.3 is 0 Å². The van der Waals surface area contributed by atoms with Crippen molar-refractivity contribution < 1.29 is 14.9 Å². The van der Waals surface area contributed by atoms with Gasteiger partial charge in [0.25, 0.3) is 0 Å². The van der Waals surface area contributed by atoms with Crippen molar-refractivity contribution in [2.24, 2.45) is 0 Å². The van der Waals surface area contributed by atoms with Crippen LogP contribution in [0.25, 0.3) is 0 Å². The van der Waals surface area contributed by atoms with Gasteiger partial charge in [0.05, 0.1) is 5.56 Å². The van der Waals surface area contributed by atoms with Crippen molar-refractivity contribution in [3.8, 4) is 0 Å². The first-order valence-electron chi connectivity index (χ1n) is 3.07. The zero-order valence-electron chi connectivity index (χ0n) is 6.05. The molecule has 13 heavy (non-hydrogen) atoms. The summed E-state index contributed by atoms with van der Waals surface area (Å²) in [4.78, 5) is 14.6. The molecule has 0 aliphatic rings. The van der Waals surface area contributed by atoms with Crippen LogP contribution in [0, 0.1) is 0 Å². The Balaban J connectivity index is 3.26. The van der Waals surface area contributed by atoms with Crippen LogP contribution in [0.2, 0.25) is 0 Å². The second-order valence-electron chi connectivity index (χ2n) is 2.10. The van der Waals surface area contributed by atoms with Gasteiger partial charge in [-0.15, -0.1) is 0 Å². The van der Waals surface area contributed by atoms with E-state index < -0.39 is 5.97 Å². The van der Waals surface area contributed by atoms with Gasteiger partial charge in [-0.05, 0) is 59.9 Å². The van der Waals surface area contributed by atoms with Gasteiger partial charge in [0.15, 0.2) is 0 Å². The summed E-state index contributed by atoms with van der Waals surface area (Å²) in [7, 11) is 0. The molecule has 1 aromatic carbocycles. The van der Waals surface area contributed by atoms with Crippen LogP contribution in [0.1, 0.15) is 10.4 Å². The van der Waals surface area contributed by atoms with Gasteiger partial charge in [-0.2, -0.15) is 5.26 Å². The minimum Gasteiger partial charge on any atom is -0.295 e. The van der Waals surface area contributed by atoms with Crippen molar-refractivity contribution in [2.75, 3.05) is 0 Å². The second kappa shape index (κ2) is 4.54. The average molecular weight is 375 g/mol. The Kier molecular flexibility index (Phi) is 3.90. The van der Waals surface area contributed by atoms with Gasteiger partial charge in [-0.25, -0.2) is 4.79 Å². The highest BCUT2D eigenvalue weighted by atomic mass is 79.9. The molecule has 0 bridgehead atoms. The summed E-state index contributed by atoms with van der Waals surface area (Å²) < 4.78 is 2.02. The third-order valence-electron chi connectivity index (χ3n) is 1.34. The van der Waals surface area contributed by atoms with Crippen LogP contribution in [0.3, 0.4) is 0 Å². The van der Waals surface area contributed by atoms with E-state index in [4.69, 9.17) is 5.26 Å². The molecule has 0 fully saturated rings. The summed E-state index contributed by atoms with van der Waals surface area (Å²) >= 11 is 9.69. The average Bonchev–Trinajstić information content (AvgIpc) is 2.13. The summed E-state index contributed by atoms with van der Waals surface area (Å²) in [6.45, 7) is 0. The van der Waals surface area contributed by atoms with Gasteiger partial charge in [0.1, 0.15) is 0 Å². The molecule has 0 heterocycles. The van der Waals surface area contributed by atoms with E-state index in [0.29, 0.717) is 8.95 Å². The fourth-order valence-electron chi connectivity index (χ4n) is 0.733. The van der Waals surface area contributed by atoms with Crippen LogP contribution in [0.5, 0.6) is 0 Å². The molecular weight excluding hydrogens is 372 g/mol. The highest BCUT2D eigenvalue weighted by Gasteiger charge is 2.15. The Morgan fingerprint density at radius 3 is 2.38 bits per heavy atom. The number of hydrogen-bond acceptors (Lipinski definition) is 3. The summed E-state index contributed by atoms with van der Waals surface area (Å²) in [5.41, 5.74) is 0.248. The van der Waals surface area contributed by atoms with Crippen LogP contribution in [0.4, 0.5) is 0 Å². The molecule has 6 heteroatoms. The molecule has 0 atom stereocenters. The molecule has 0 aliphatic heterocycles. The zero-order chi connectivity index (χ0) is 10.0. The Bertz CT molecular complexity index is 351. The summed E-state index contributed by atoms with van der Waals surface area (Å²) in [5.74, 6) is -0.805. The molecule has 1 N–H and O–H groups in total. The fraction of sp³-hybridized carbons (Fsp3) is 0. The lowest BCUT2D eigenvalue weighted by Gasteiger charge is -2.03. The van der Waals surface area contributed by atoms with E-state index >= 15 is 0 Å². The lowest BCUT2D eigenvalue weighted by Crippen LogP contribution is -2.02. The molecule has 1 aromatic rings. The standard InChI is InChI=1S/C7H3Br3O3/c8-4-2-1-3(7(11)13-12)5(9)6(4)10/h1-2,12H. The van der Waals surface area contributed by atoms with E-state index in [1.165, 1.54) is 6.07 Å². The minimum atomic E-state index is -0.805. The van der Waals surface area contributed by atoms with Gasteiger partial charge >= 0.3 is 5.97 Å². The lowest BCUT2D eigenvalue weighted by atomic mass is 10.2. The van der Waals surface area contributed by atoms with Crippen LogP contribution in [-0.4, -0.2) is 11.2 Å². The van der Waals surface area contributed by atoms with E-state index in [1.807, 2.05) is 0 Å². The maximum Gasteiger partial charge on any atom is 0.373 e. The number of benzene rings is 1. The predicted octanol–water partition coefficient (Wildman–Crippen LogP) is 3.60. The number of carbonyl (C=O) groups is 1. The topological polar surface area (TPSA) is 46.5 Å². The molecule has 0 spiro atoms. The van der Waals surface area contributed by atoms with Crippen molar-refractivity contribution in [1.82, 2.24) is 0 Å². The van der Waals surface area contributed by atoms with Crippen molar-refractivity contribution in [3.63, 3.8) is 0 Å². The van der Waals surface area contributed by atoms with E-state index in [2.05, 4.69) is 52.7 Å². The normalized spacial score (nSPS) is 9.85. The first-order valence-corrected chi connectivity index (χ1v) is 5.45. The smallest absolute Gasteiger partial charge is 0.295 e. The number of carbonyl (C=O) groups excluding carboxylic acids is 1.